The Kier molecular flexibility index (Phi) is 5.67. The van der Waals surface area contributed by atoms with Crippen LogP contribution in [-0.4, -0.2) is 18.7 Å². The van der Waals surface area contributed by atoms with E-state index in [-0.39, 0.29) is 18.2 Å². The summed E-state index contributed by atoms with van der Waals surface area (Å²) in [6.07, 6.45) is 0. The normalized spacial score (nSPS) is 10.3. The predicted molar refractivity (Wildman–Crippen MR) is 104 cm³/mol. The van der Waals surface area contributed by atoms with Gasteiger partial charge in [0.05, 0.1) is 7.11 Å². The molecule has 0 spiro atoms. The standard InChI is InChI=1S/C23H20O4/c1-16(24)19-10-13-22(26-2)20(14-19)15-27-21-11-8-18(9-12-21)23(25)17-6-4-3-5-7-17/h3-14H,15H2,1-2H3. The fourth-order valence-electron chi connectivity index (χ4n) is 2.73. The highest BCUT2D eigenvalue weighted by Crippen LogP contribution is 2.23. The Morgan fingerprint density at radius 2 is 1.44 bits per heavy atom. The molecular formula is C23H20O4. The number of ether oxygens (including phenoxy) is 2. The van der Waals surface area contributed by atoms with Crippen molar-refractivity contribution in [3.63, 3.8) is 0 Å². The van der Waals surface area contributed by atoms with Gasteiger partial charge in [0, 0.05) is 22.3 Å². The first-order valence-corrected chi connectivity index (χ1v) is 8.59. The maximum Gasteiger partial charge on any atom is 0.193 e. The van der Waals surface area contributed by atoms with Gasteiger partial charge in [0.15, 0.2) is 11.6 Å². The van der Waals surface area contributed by atoms with Gasteiger partial charge in [0.1, 0.15) is 18.1 Å². The van der Waals surface area contributed by atoms with Gasteiger partial charge in [-0.3, -0.25) is 9.59 Å². The predicted octanol–water partition coefficient (Wildman–Crippen LogP) is 4.71. The molecule has 0 amide bonds. The Bertz CT molecular complexity index is 944. The Hall–Kier alpha value is -3.40. The molecule has 0 heterocycles. The zero-order valence-corrected chi connectivity index (χ0v) is 15.3. The van der Waals surface area contributed by atoms with E-state index in [9.17, 15) is 9.59 Å². The highest BCUT2D eigenvalue weighted by atomic mass is 16.5. The molecule has 27 heavy (non-hydrogen) atoms. The van der Waals surface area contributed by atoms with Gasteiger partial charge in [-0.25, -0.2) is 0 Å². The molecule has 0 aromatic heterocycles. The number of carbonyl (C=O) groups is 2. The number of rotatable bonds is 7. The van der Waals surface area contributed by atoms with Crippen LogP contribution in [0.2, 0.25) is 0 Å². The molecule has 3 aromatic carbocycles. The molecule has 136 valence electrons. The molecular weight excluding hydrogens is 340 g/mol. The minimum absolute atomic E-state index is 0.0114. The molecule has 0 bridgehead atoms. The number of ketones is 2. The molecule has 4 nitrogen and oxygen atoms in total. The molecule has 0 aliphatic heterocycles. The lowest BCUT2D eigenvalue weighted by atomic mass is 10.0. The first-order chi connectivity index (χ1) is 13.1. The van der Waals surface area contributed by atoms with Crippen molar-refractivity contribution in [3.05, 3.63) is 95.1 Å². The van der Waals surface area contributed by atoms with Crippen LogP contribution in [0.4, 0.5) is 0 Å². The van der Waals surface area contributed by atoms with E-state index in [0.717, 1.165) is 5.56 Å². The van der Waals surface area contributed by atoms with Gasteiger partial charge in [0.25, 0.3) is 0 Å². The molecule has 0 radical (unpaired) electrons. The van der Waals surface area contributed by atoms with Crippen LogP contribution in [0.1, 0.15) is 38.8 Å². The molecule has 0 fully saturated rings. The Balaban J connectivity index is 1.71. The SMILES string of the molecule is COc1ccc(C(C)=O)cc1COc1ccc(C(=O)c2ccccc2)cc1. The summed E-state index contributed by atoms with van der Waals surface area (Å²) in [5.41, 5.74) is 2.65. The van der Waals surface area contributed by atoms with E-state index in [4.69, 9.17) is 9.47 Å². The quantitative estimate of drug-likeness (QED) is 0.573. The van der Waals surface area contributed by atoms with Crippen LogP contribution in [-0.2, 0) is 6.61 Å². The van der Waals surface area contributed by atoms with Crippen molar-refractivity contribution in [2.75, 3.05) is 7.11 Å². The summed E-state index contributed by atoms with van der Waals surface area (Å²) in [7, 11) is 1.58. The fourth-order valence-corrected chi connectivity index (χ4v) is 2.73. The average molecular weight is 360 g/mol. The number of hydrogen-bond donors (Lipinski definition) is 0. The zero-order valence-electron chi connectivity index (χ0n) is 15.3. The lowest BCUT2D eigenvalue weighted by Gasteiger charge is -2.12. The van der Waals surface area contributed by atoms with E-state index in [2.05, 4.69) is 0 Å². The molecule has 0 saturated heterocycles. The molecule has 0 saturated carbocycles. The van der Waals surface area contributed by atoms with Crippen LogP contribution in [0.25, 0.3) is 0 Å². The lowest BCUT2D eigenvalue weighted by molar-refractivity contribution is 0.101. The highest BCUT2D eigenvalue weighted by Gasteiger charge is 2.10. The second-order valence-electron chi connectivity index (χ2n) is 6.09. The summed E-state index contributed by atoms with van der Waals surface area (Å²) in [5.74, 6) is 1.26. The fraction of sp³-hybridized carbons (Fsp3) is 0.130. The van der Waals surface area contributed by atoms with Crippen LogP contribution in [0, 0.1) is 0 Å². The Labute approximate surface area is 158 Å². The van der Waals surface area contributed by atoms with Crippen molar-refractivity contribution in [2.24, 2.45) is 0 Å². The minimum atomic E-state index is -0.0296. The van der Waals surface area contributed by atoms with Gasteiger partial charge in [0.2, 0.25) is 0 Å². The van der Waals surface area contributed by atoms with E-state index < -0.39 is 0 Å². The topological polar surface area (TPSA) is 52.6 Å². The third kappa shape index (κ3) is 4.42. The van der Waals surface area contributed by atoms with Gasteiger partial charge in [-0.2, -0.15) is 0 Å². The second kappa shape index (κ2) is 8.32. The first kappa shape index (κ1) is 18.4. The molecule has 3 aromatic rings. The average Bonchev–Trinajstić information content (AvgIpc) is 2.72. The largest absolute Gasteiger partial charge is 0.496 e. The summed E-state index contributed by atoms with van der Waals surface area (Å²) in [6.45, 7) is 1.78. The Morgan fingerprint density at radius 1 is 0.815 bits per heavy atom. The minimum Gasteiger partial charge on any atom is -0.496 e. The molecule has 0 unspecified atom stereocenters. The maximum atomic E-state index is 12.4. The second-order valence-corrected chi connectivity index (χ2v) is 6.09. The third-order valence-electron chi connectivity index (χ3n) is 4.23. The summed E-state index contributed by atoms with van der Waals surface area (Å²) >= 11 is 0. The number of methoxy groups -OCH3 is 1. The summed E-state index contributed by atoms with van der Waals surface area (Å²) in [6, 6.07) is 21.4. The van der Waals surface area contributed by atoms with Crippen molar-refractivity contribution in [1.82, 2.24) is 0 Å². The lowest BCUT2D eigenvalue weighted by Crippen LogP contribution is -2.03. The van der Waals surface area contributed by atoms with E-state index >= 15 is 0 Å². The molecule has 0 aliphatic rings. The van der Waals surface area contributed by atoms with Crippen LogP contribution in [0.15, 0.2) is 72.8 Å². The maximum absolute atomic E-state index is 12.4. The van der Waals surface area contributed by atoms with Crippen molar-refractivity contribution in [3.8, 4) is 11.5 Å². The van der Waals surface area contributed by atoms with Crippen LogP contribution in [0.5, 0.6) is 11.5 Å². The van der Waals surface area contributed by atoms with Crippen molar-refractivity contribution in [1.29, 1.82) is 0 Å². The summed E-state index contributed by atoms with van der Waals surface area (Å²) < 4.78 is 11.1. The van der Waals surface area contributed by atoms with E-state index in [0.29, 0.717) is 28.2 Å². The molecule has 0 N–H and O–H groups in total. The number of Topliss-reactive ketones (excluding diaryl/α,β-unsaturated/α-hetero) is 1. The van der Waals surface area contributed by atoms with Gasteiger partial charge in [-0.1, -0.05) is 30.3 Å². The Morgan fingerprint density at radius 3 is 2.07 bits per heavy atom. The van der Waals surface area contributed by atoms with Gasteiger partial charge >= 0.3 is 0 Å². The number of carbonyl (C=O) groups excluding carboxylic acids is 2. The molecule has 0 atom stereocenters. The van der Waals surface area contributed by atoms with Crippen LogP contribution >= 0.6 is 0 Å². The van der Waals surface area contributed by atoms with Crippen molar-refractivity contribution < 1.29 is 19.1 Å². The van der Waals surface area contributed by atoms with Crippen molar-refractivity contribution >= 4 is 11.6 Å². The summed E-state index contributed by atoms with van der Waals surface area (Å²) in [4.78, 5) is 24.0. The van der Waals surface area contributed by atoms with Gasteiger partial charge < -0.3 is 9.47 Å². The third-order valence-corrected chi connectivity index (χ3v) is 4.23. The van der Waals surface area contributed by atoms with Crippen LogP contribution in [0.3, 0.4) is 0 Å². The highest BCUT2D eigenvalue weighted by molar-refractivity contribution is 6.08. The number of benzene rings is 3. The number of hydrogen-bond acceptors (Lipinski definition) is 4. The zero-order chi connectivity index (χ0) is 19.2. The van der Waals surface area contributed by atoms with Gasteiger partial charge in [-0.15, -0.1) is 0 Å². The van der Waals surface area contributed by atoms with Crippen LogP contribution < -0.4 is 9.47 Å². The molecule has 0 aliphatic carbocycles. The van der Waals surface area contributed by atoms with Crippen molar-refractivity contribution in [2.45, 2.75) is 13.5 Å². The smallest absolute Gasteiger partial charge is 0.193 e. The van der Waals surface area contributed by atoms with E-state index in [1.807, 2.05) is 18.2 Å². The van der Waals surface area contributed by atoms with E-state index in [1.54, 1.807) is 61.7 Å². The summed E-state index contributed by atoms with van der Waals surface area (Å²) in [5, 5.41) is 0. The van der Waals surface area contributed by atoms with Gasteiger partial charge in [-0.05, 0) is 49.4 Å². The molecule has 3 rings (SSSR count). The molecule has 4 heteroatoms. The first-order valence-electron chi connectivity index (χ1n) is 8.59. The van der Waals surface area contributed by atoms with E-state index in [1.165, 1.54) is 6.92 Å². The monoisotopic (exact) mass is 360 g/mol.